The molecule has 0 saturated carbocycles. The van der Waals surface area contributed by atoms with E-state index in [2.05, 4.69) is 21.7 Å². The fourth-order valence-electron chi connectivity index (χ4n) is 3.99. The molecular weight excluding hydrogens is 432 g/mol. The molecule has 0 bridgehead atoms. The maximum absolute atomic E-state index is 11.6. The fourth-order valence-corrected chi connectivity index (χ4v) is 3.99. The lowest BCUT2D eigenvalue weighted by molar-refractivity contribution is -0.117. The molecule has 1 fully saturated rings. The van der Waals surface area contributed by atoms with Crippen LogP contribution in [-0.2, 0) is 11.3 Å². The molecule has 8 nitrogen and oxygen atoms in total. The third kappa shape index (κ3) is 6.30. The first-order valence-corrected chi connectivity index (χ1v) is 11.6. The second-order valence-electron chi connectivity index (χ2n) is 8.34. The van der Waals surface area contributed by atoms with Gasteiger partial charge in [-0.15, -0.1) is 0 Å². The smallest absolute Gasteiger partial charge is 0.317 e. The number of aliphatic hydroxyl groups is 1. The van der Waals surface area contributed by atoms with E-state index in [1.165, 1.54) is 11.6 Å². The summed E-state index contributed by atoms with van der Waals surface area (Å²) in [5.74, 6) is 0.737. The molecule has 8 heteroatoms. The van der Waals surface area contributed by atoms with Crippen molar-refractivity contribution in [3.8, 4) is 5.75 Å². The molecule has 34 heavy (non-hydrogen) atoms. The van der Waals surface area contributed by atoms with Gasteiger partial charge in [0.1, 0.15) is 19.0 Å². The standard InChI is InChI=1S/C26H30N4O4/c31-18-22(32)6-5-19-1-3-20(4-2-19)16-27-10-9-21-17-29-25-8-7-23(15-24(21)25)34-14-13-30-12-11-28-26(30)33/h1-8,15,17,21,27,31H,9-14,16,18H2,(H,28,33)/b6-5+. The quantitative estimate of drug-likeness (QED) is 0.332. The van der Waals surface area contributed by atoms with Crippen molar-refractivity contribution in [1.29, 1.82) is 0 Å². The van der Waals surface area contributed by atoms with Gasteiger partial charge < -0.3 is 25.4 Å². The van der Waals surface area contributed by atoms with Crippen molar-refractivity contribution in [2.24, 2.45) is 4.99 Å². The zero-order chi connectivity index (χ0) is 23.8. The van der Waals surface area contributed by atoms with Gasteiger partial charge in [-0.2, -0.15) is 0 Å². The van der Waals surface area contributed by atoms with Crippen molar-refractivity contribution < 1.29 is 19.4 Å². The molecule has 2 heterocycles. The third-order valence-electron chi connectivity index (χ3n) is 5.93. The van der Waals surface area contributed by atoms with Crippen LogP contribution in [0.5, 0.6) is 5.75 Å². The highest BCUT2D eigenvalue weighted by molar-refractivity contribution is 5.94. The number of urea groups is 1. The van der Waals surface area contributed by atoms with E-state index in [-0.39, 0.29) is 17.7 Å². The van der Waals surface area contributed by atoms with Gasteiger partial charge in [-0.1, -0.05) is 30.3 Å². The summed E-state index contributed by atoms with van der Waals surface area (Å²) >= 11 is 0. The molecule has 0 spiro atoms. The lowest BCUT2D eigenvalue weighted by atomic mass is 9.97. The van der Waals surface area contributed by atoms with E-state index in [1.807, 2.05) is 42.6 Å². The van der Waals surface area contributed by atoms with Crippen LogP contribution in [0.25, 0.3) is 6.08 Å². The summed E-state index contributed by atoms with van der Waals surface area (Å²) in [4.78, 5) is 29.1. The van der Waals surface area contributed by atoms with Crippen LogP contribution in [0, 0.1) is 0 Å². The topological polar surface area (TPSA) is 103 Å². The monoisotopic (exact) mass is 462 g/mol. The van der Waals surface area contributed by atoms with Gasteiger partial charge in [0.15, 0.2) is 5.78 Å². The molecule has 0 aromatic heterocycles. The van der Waals surface area contributed by atoms with Crippen molar-refractivity contribution in [1.82, 2.24) is 15.5 Å². The van der Waals surface area contributed by atoms with E-state index >= 15 is 0 Å². The molecule has 178 valence electrons. The van der Waals surface area contributed by atoms with Gasteiger partial charge >= 0.3 is 6.03 Å². The number of amides is 2. The SMILES string of the molecule is O=C(/C=C/c1ccc(CNCCC2C=Nc3ccc(OCCN4CCNC4=O)cc32)cc1)CO. The van der Waals surface area contributed by atoms with Crippen LogP contribution < -0.4 is 15.4 Å². The number of carbonyl (C=O) groups is 2. The van der Waals surface area contributed by atoms with E-state index in [0.29, 0.717) is 19.7 Å². The number of ketones is 1. The van der Waals surface area contributed by atoms with Gasteiger partial charge in [0, 0.05) is 31.8 Å². The van der Waals surface area contributed by atoms with Crippen molar-refractivity contribution in [2.75, 3.05) is 39.4 Å². The number of aliphatic imine (C=N–C) groups is 1. The molecule has 1 unspecified atom stereocenters. The Kier molecular flexibility index (Phi) is 8.06. The average Bonchev–Trinajstić information content (AvgIpc) is 3.46. The number of ether oxygens (including phenoxy) is 1. The second kappa shape index (κ2) is 11.6. The second-order valence-corrected chi connectivity index (χ2v) is 8.34. The molecule has 0 radical (unpaired) electrons. The number of fused-ring (bicyclic) bond motifs is 1. The molecule has 1 saturated heterocycles. The maximum Gasteiger partial charge on any atom is 0.317 e. The van der Waals surface area contributed by atoms with Gasteiger partial charge in [0.2, 0.25) is 0 Å². The van der Waals surface area contributed by atoms with E-state index in [9.17, 15) is 9.59 Å². The first kappa shape index (κ1) is 23.7. The van der Waals surface area contributed by atoms with Crippen LogP contribution in [0.15, 0.2) is 53.5 Å². The molecule has 2 amide bonds. The lowest BCUT2D eigenvalue weighted by Crippen LogP contribution is -2.31. The van der Waals surface area contributed by atoms with E-state index < -0.39 is 6.61 Å². The van der Waals surface area contributed by atoms with E-state index in [0.717, 1.165) is 48.6 Å². The van der Waals surface area contributed by atoms with E-state index in [1.54, 1.807) is 11.0 Å². The Balaban J connectivity index is 1.21. The van der Waals surface area contributed by atoms with Gasteiger partial charge in [0.25, 0.3) is 0 Å². The highest BCUT2D eigenvalue weighted by Crippen LogP contribution is 2.36. The summed E-state index contributed by atoms with van der Waals surface area (Å²) < 4.78 is 5.89. The van der Waals surface area contributed by atoms with Crippen LogP contribution in [-0.4, -0.2) is 67.4 Å². The molecule has 2 aromatic rings. The number of hydrogen-bond donors (Lipinski definition) is 3. The molecular formula is C26H30N4O4. The van der Waals surface area contributed by atoms with Crippen molar-refractivity contribution in [2.45, 2.75) is 18.9 Å². The molecule has 4 rings (SSSR count). The summed E-state index contributed by atoms with van der Waals surface area (Å²) in [7, 11) is 0. The predicted octanol–water partition coefficient (Wildman–Crippen LogP) is 2.64. The maximum atomic E-state index is 11.6. The average molecular weight is 463 g/mol. The Morgan fingerprint density at radius 3 is 2.88 bits per heavy atom. The Morgan fingerprint density at radius 1 is 1.26 bits per heavy atom. The molecule has 2 aromatic carbocycles. The number of aliphatic hydroxyl groups excluding tert-OH is 1. The molecule has 0 aliphatic carbocycles. The minimum atomic E-state index is -0.470. The van der Waals surface area contributed by atoms with Gasteiger partial charge in [-0.3, -0.25) is 9.79 Å². The number of nitrogens with one attached hydrogen (secondary N) is 2. The first-order chi connectivity index (χ1) is 16.6. The molecule has 1 atom stereocenters. The van der Waals surface area contributed by atoms with Gasteiger partial charge in [-0.05, 0) is 53.9 Å². The first-order valence-electron chi connectivity index (χ1n) is 11.6. The Bertz CT molecular complexity index is 1060. The normalized spacial score (nSPS) is 16.8. The number of rotatable bonds is 12. The van der Waals surface area contributed by atoms with Crippen LogP contribution >= 0.6 is 0 Å². The summed E-state index contributed by atoms with van der Waals surface area (Å²) in [6.07, 6.45) is 6.02. The van der Waals surface area contributed by atoms with Crippen LogP contribution in [0.4, 0.5) is 10.5 Å². The van der Waals surface area contributed by atoms with Gasteiger partial charge in [-0.25, -0.2) is 4.79 Å². The Morgan fingerprint density at radius 2 is 2.12 bits per heavy atom. The largest absolute Gasteiger partial charge is 0.492 e. The number of benzene rings is 2. The van der Waals surface area contributed by atoms with Crippen LogP contribution in [0.3, 0.4) is 0 Å². The highest BCUT2D eigenvalue weighted by Gasteiger charge is 2.21. The van der Waals surface area contributed by atoms with Crippen molar-refractivity contribution in [3.63, 3.8) is 0 Å². The minimum Gasteiger partial charge on any atom is -0.492 e. The highest BCUT2D eigenvalue weighted by atomic mass is 16.5. The summed E-state index contributed by atoms with van der Waals surface area (Å²) in [5, 5.41) is 15.0. The molecule has 3 N–H and O–H groups in total. The van der Waals surface area contributed by atoms with Crippen LogP contribution in [0.1, 0.15) is 29.0 Å². The Hall–Kier alpha value is -3.49. The number of carbonyl (C=O) groups excluding carboxylic acids is 2. The van der Waals surface area contributed by atoms with Gasteiger partial charge in [0.05, 0.1) is 12.2 Å². The summed E-state index contributed by atoms with van der Waals surface area (Å²) in [6, 6.07) is 13.9. The zero-order valence-electron chi connectivity index (χ0n) is 19.1. The summed E-state index contributed by atoms with van der Waals surface area (Å²) in [5.41, 5.74) is 4.24. The summed E-state index contributed by atoms with van der Waals surface area (Å²) in [6.45, 7) is 3.59. The van der Waals surface area contributed by atoms with Crippen molar-refractivity contribution >= 4 is 29.8 Å². The number of nitrogens with zero attached hydrogens (tertiary/aromatic N) is 2. The predicted molar refractivity (Wildman–Crippen MR) is 132 cm³/mol. The van der Waals surface area contributed by atoms with E-state index in [4.69, 9.17) is 9.84 Å². The van der Waals surface area contributed by atoms with Crippen molar-refractivity contribution in [3.05, 3.63) is 65.2 Å². The Labute approximate surface area is 199 Å². The minimum absolute atomic E-state index is 0.0270. The molecule has 2 aliphatic rings. The fraction of sp³-hybridized carbons (Fsp3) is 0.346. The lowest BCUT2D eigenvalue weighted by Gasteiger charge is -2.16. The van der Waals surface area contributed by atoms with Crippen LogP contribution in [0.2, 0.25) is 0 Å². The zero-order valence-corrected chi connectivity index (χ0v) is 19.1. The number of hydrogen-bond acceptors (Lipinski definition) is 6. The molecule has 2 aliphatic heterocycles. The third-order valence-corrected chi connectivity index (χ3v) is 5.93.